The van der Waals surface area contributed by atoms with Gasteiger partial charge in [-0.15, -0.1) is 0 Å². The van der Waals surface area contributed by atoms with Gasteiger partial charge in [0.15, 0.2) is 11.5 Å². The van der Waals surface area contributed by atoms with Crippen molar-refractivity contribution in [2.45, 2.75) is 0 Å². The summed E-state index contributed by atoms with van der Waals surface area (Å²) in [4.78, 5) is 38.3. The number of imide groups is 1. The van der Waals surface area contributed by atoms with Crippen LogP contribution in [0.5, 0.6) is 11.5 Å². The molecule has 32 heavy (non-hydrogen) atoms. The minimum absolute atomic E-state index is 0.159. The molecule has 0 saturated carbocycles. The van der Waals surface area contributed by atoms with Crippen molar-refractivity contribution in [3.63, 3.8) is 0 Å². The lowest BCUT2D eigenvalue weighted by Crippen LogP contribution is -2.36. The van der Waals surface area contributed by atoms with Crippen molar-refractivity contribution >= 4 is 56.5 Å². The van der Waals surface area contributed by atoms with Crippen LogP contribution < -0.4 is 14.8 Å². The minimum atomic E-state index is -0.591. The second-order valence-electron chi connectivity index (χ2n) is 6.45. The Morgan fingerprint density at radius 1 is 1.25 bits per heavy atom. The van der Waals surface area contributed by atoms with Crippen molar-refractivity contribution in [1.29, 1.82) is 0 Å². The van der Waals surface area contributed by atoms with Crippen LogP contribution in [0, 0.1) is 5.82 Å². The molecular weight excluding hydrogens is 503 g/mol. The van der Waals surface area contributed by atoms with E-state index in [0.717, 1.165) is 16.7 Å². The molecule has 0 bridgehead atoms. The lowest BCUT2D eigenvalue weighted by molar-refractivity contribution is -0.127. The molecule has 2 aromatic carbocycles. The summed E-state index contributed by atoms with van der Waals surface area (Å²) >= 11 is 4.16. The standard InChI is InChI=1S/C22H18BrFN2O5S/c1-3-8-31-18-11-16(23)13(9-17(18)30-2)10-19-21(28)26(22(29)32-19)12-20(27)25-15-6-4-14(24)5-7-15/h3-7,9-11H,1,8,12H2,2H3,(H,25,27)/b19-10-. The molecular formula is C22H18BrFN2O5S. The highest BCUT2D eigenvalue weighted by molar-refractivity contribution is 9.10. The van der Waals surface area contributed by atoms with Crippen LogP contribution in [0.1, 0.15) is 5.56 Å². The Labute approximate surface area is 196 Å². The number of rotatable bonds is 8. The van der Waals surface area contributed by atoms with Crippen LogP contribution in [-0.2, 0) is 9.59 Å². The third-order valence-electron chi connectivity index (χ3n) is 4.23. The van der Waals surface area contributed by atoms with E-state index in [4.69, 9.17) is 9.47 Å². The zero-order valence-corrected chi connectivity index (χ0v) is 19.3. The van der Waals surface area contributed by atoms with E-state index in [2.05, 4.69) is 27.8 Å². The SMILES string of the molecule is C=CCOc1cc(Br)c(/C=C2\SC(=O)N(CC(=O)Nc3ccc(F)cc3)C2=O)cc1OC. The van der Waals surface area contributed by atoms with Crippen LogP contribution in [0.2, 0.25) is 0 Å². The van der Waals surface area contributed by atoms with Gasteiger partial charge in [-0.1, -0.05) is 28.6 Å². The van der Waals surface area contributed by atoms with E-state index in [1.807, 2.05) is 0 Å². The average molecular weight is 521 g/mol. The number of ether oxygens (including phenoxy) is 2. The summed E-state index contributed by atoms with van der Waals surface area (Å²) in [5, 5.41) is 1.96. The molecule has 1 heterocycles. The number of benzene rings is 2. The fraction of sp³-hybridized carbons (Fsp3) is 0.136. The summed E-state index contributed by atoms with van der Waals surface area (Å²) in [6, 6.07) is 8.51. The Hall–Kier alpha value is -3.11. The Balaban J connectivity index is 1.75. The second kappa shape index (κ2) is 10.5. The monoisotopic (exact) mass is 520 g/mol. The minimum Gasteiger partial charge on any atom is -0.493 e. The molecule has 1 aliphatic rings. The van der Waals surface area contributed by atoms with E-state index in [-0.39, 0.29) is 4.91 Å². The van der Waals surface area contributed by atoms with Gasteiger partial charge in [0.2, 0.25) is 5.91 Å². The van der Waals surface area contributed by atoms with Gasteiger partial charge in [0.25, 0.3) is 11.1 Å². The summed E-state index contributed by atoms with van der Waals surface area (Å²) in [6.07, 6.45) is 3.14. The van der Waals surface area contributed by atoms with E-state index in [9.17, 15) is 18.8 Å². The first kappa shape index (κ1) is 23.6. The topological polar surface area (TPSA) is 84.9 Å². The number of carbonyl (C=O) groups is 3. The fourth-order valence-corrected chi connectivity index (χ4v) is 4.00. The lowest BCUT2D eigenvalue weighted by Gasteiger charge is -2.13. The molecule has 0 unspecified atom stereocenters. The third-order valence-corrected chi connectivity index (χ3v) is 5.82. The van der Waals surface area contributed by atoms with Crippen molar-refractivity contribution in [3.05, 3.63) is 69.8 Å². The molecule has 7 nitrogen and oxygen atoms in total. The molecule has 1 N–H and O–H groups in total. The fourth-order valence-electron chi connectivity index (χ4n) is 2.74. The van der Waals surface area contributed by atoms with E-state index in [1.54, 1.807) is 18.2 Å². The molecule has 1 saturated heterocycles. The van der Waals surface area contributed by atoms with Crippen molar-refractivity contribution < 1.29 is 28.2 Å². The van der Waals surface area contributed by atoms with Gasteiger partial charge in [0.05, 0.1) is 12.0 Å². The number of carbonyl (C=O) groups excluding carboxylic acids is 3. The van der Waals surface area contributed by atoms with Gasteiger partial charge in [-0.3, -0.25) is 19.3 Å². The average Bonchev–Trinajstić information content (AvgIpc) is 3.02. The second-order valence-corrected chi connectivity index (χ2v) is 8.29. The Morgan fingerprint density at radius 3 is 2.62 bits per heavy atom. The summed E-state index contributed by atoms with van der Waals surface area (Å²) in [5.41, 5.74) is 0.947. The van der Waals surface area contributed by atoms with Gasteiger partial charge in [-0.25, -0.2) is 4.39 Å². The molecule has 0 aromatic heterocycles. The number of methoxy groups -OCH3 is 1. The van der Waals surface area contributed by atoms with Gasteiger partial charge in [0.1, 0.15) is 19.0 Å². The quantitative estimate of drug-likeness (QED) is 0.396. The highest BCUT2D eigenvalue weighted by Crippen LogP contribution is 2.38. The van der Waals surface area contributed by atoms with Crippen molar-refractivity contribution in [2.75, 3.05) is 25.6 Å². The Kier molecular flexibility index (Phi) is 7.70. The lowest BCUT2D eigenvalue weighted by atomic mass is 10.2. The molecule has 2 aromatic rings. The van der Waals surface area contributed by atoms with Crippen LogP contribution in [0.3, 0.4) is 0 Å². The van der Waals surface area contributed by atoms with Crippen LogP contribution >= 0.6 is 27.7 Å². The Bertz CT molecular complexity index is 1100. The van der Waals surface area contributed by atoms with Crippen LogP contribution in [0.25, 0.3) is 6.08 Å². The van der Waals surface area contributed by atoms with Gasteiger partial charge < -0.3 is 14.8 Å². The number of nitrogens with zero attached hydrogens (tertiary/aromatic N) is 1. The molecule has 166 valence electrons. The number of hydrogen-bond acceptors (Lipinski definition) is 6. The molecule has 0 atom stereocenters. The van der Waals surface area contributed by atoms with Crippen LogP contribution in [0.4, 0.5) is 14.9 Å². The van der Waals surface area contributed by atoms with E-state index in [0.29, 0.717) is 33.8 Å². The zero-order valence-electron chi connectivity index (χ0n) is 16.9. The largest absolute Gasteiger partial charge is 0.493 e. The number of thioether (sulfide) groups is 1. The van der Waals surface area contributed by atoms with Gasteiger partial charge in [-0.05, 0) is 59.8 Å². The highest BCUT2D eigenvalue weighted by Gasteiger charge is 2.36. The Morgan fingerprint density at radius 2 is 1.97 bits per heavy atom. The van der Waals surface area contributed by atoms with Crippen molar-refractivity contribution in [1.82, 2.24) is 4.90 Å². The number of nitrogens with one attached hydrogen (secondary N) is 1. The molecule has 3 amide bonds. The molecule has 0 spiro atoms. The maximum Gasteiger partial charge on any atom is 0.294 e. The zero-order chi connectivity index (χ0) is 23.3. The molecule has 1 fully saturated rings. The first-order valence-corrected chi connectivity index (χ1v) is 10.9. The van der Waals surface area contributed by atoms with Crippen molar-refractivity contribution in [2.24, 2.45) is 0 Å². The van der Waals surface area contributed by atoms with E-state index in [1.165, 1.54) is 37.5 Å². The number of halogens is 2. The third kappa shape index (κ3) is 5.57. The van der Waals surface area contributed by atoms with Crippen molar-refractivity contribution in [3.8, 4) is 11.5 Å². The molecule has 10 heteroatoms. The normalized spacial score (nSPS) is 14.6. The smallest absolute Gasteiger partial charge is 0.294 e. The first-order chi connectivity index (χ1) is 15.3. The predicted molar refractivity (Wildman–Crippen MR) is 124 cm³/mol. The van der Waals surface area contributed by atoms with E-state index >= 15 is 0 Å². The summed E-state index contributed by atoms with van der Waals surface area (Å²) in [6.45, 7) is 3.43. The maximum absolute atomic E-state index is 13.0. The summed E-state index contributed by atoms with van der Waals surface area (Å²) < 4.78 is 24.5. The van der Waals surface area contributed by atoms with Gasteiger partial charge >= 0.3 is 0 Å². The molecule has 0 radical (unpaired) electrons. The molecule has 3 rings (SSSR count). The van der Waals surface area contributed by atoms with Crippen LogP contribution in [0.15, 0.2) is 58.4 Å². The highest BCUT2D eigenvalue weighted by atomic mass is 79.9. The number of anilines is 1. The first-order valence-electron chi connectivity index (χ1n) is 9.24. The number of hydrogen-bond donors (Lipinski definition) is 1. The van der Waals surface area contributed by atoms with E-state index < -0.39 is 29.4 Å². The molecule has 1 aliphatic heterocycles. The molecule has 0 aliphatic carbocycles. The summed E-state index contributed by atoms with van der Waals surface area (Å²) in [5.74, 6) is -0.679. The predicted octanol–water partition coefficient (Wildman–Crippen LogP) is 4.84. The number of amides is 3. The van der Waals surface area contributed by atoms with Crippen LogP contribution in [-0.4, -0.2) is 42.2 Å². The van der Waals surface area contributed by atoms with Gasteiger partial charge in [-0.2, -0.15) is 0 Å². The van der Waals surface area contributed by atoms with Gasteiger partial charge in [0, 0.05) is 10.2 Å². The summed E-state index contributed by atoms with van der Waals surface area (Å²) in [7, 11) is 1.49. The maximum atomic E-state index is 13.0.